The molecule has 0 amide bonds. The van der Waals surface area contributed by atoms with Crippen molar-refractivity contribution in [2.24, 2.45) is 0 Å². The minimum atomic E-state index is 0.112. The van der Waals surface area contributed by atoms with Crippen molar-refractivity contribution in [1.82, 2.24) is 5.32 Å². The van der Waals surface area contributed by atoms with Crippen LogP contribution in [0.4, 0.5) is 0 Å². The van der Waals surface area contributed by atoms with E-state index in [2.05, 4.69) is 48.6 Å². The van der Waals surface area contributed by atoms with Crippen LogP contribution in [-0.2, 0) is 6.42 Å². The fourth-order valence-corrected chi connectivity index (χ4v) is 3.06. The van der Waals surface area contributed by atoms with Gasteiger partial charge in [-0.25, -0.2) is 0 Å². The van der Waals surface area contributed by atoms with Gasteiger partial charge in [-0.15, -0.1) is 0 Å². The Morgan fingerprint density at radius 3 is 2.90 bits per heavy atom. The van der Waals surface area contributed by atoms with E-state index in [-0.39, 0.29) is 6.04 Å². The summed E-state index contributed by atoms with van der Waals surface area (Å²) in [5.74, 6) is 1.04. The van der Waals surface area contributed by atoms with Crippen LogP contribution in [0.2, 0.25) is 5.02 Å². The zero-order chi connectivity index (χ0) is 14.8. The van der Waals surface area contributed by atoms with Gasteiger partial charge in [-0.3, -0.25) is 0 Å². The van der Waals surface area contributed by atoms with E-state index >= 15 is 0 Å². The molecule has 1 aliphatic heterocycles. The molecule has 0 aromatic heterocycles. The zero-order valence-corrected chi connectivity index (χ0v) is 13.2. The standard InChI is InChI=1S/C18H20ClNO/c1-3-20-17(14-8-7-12(2)16(19)11-14)15-6-4-5-13-9-10-21-18(13)15/h4-8,11,17,20H,3,9-10H2,1-2H3. The highest BCUT2D eigenvalue weighted by Crippen LogP contribution is 2.36. The van der Waals surface area contributed by atoms with Crippen molar-refractivity contribution in [1.29, 1.82) is 0 Å². The summed E-state index contributed by atoms with van der Waals surface area (Å²) in [6.45, 7) is 5.81. The number of rotatable bonds is 4. The summed E-state index contributed by atoms with van der Waals surface area (Å²) in [6, 6.07) is 12.8. The van der Waals surface area contributed by atoms with Gasteiger partial charge in [-0.2, -0.15) is 0 Å². The van der Waals surface area contributed by atoms with Gasteiger partial charge in [-0.05, 0) is 36.2 Å². The second kappa shape index (κ2) is 6.08. The topological polar surface area (TPSA) is 21.3 Å². The van der Waals surface area contributed by atoms with Crippen LogP contribution in [0.15, 0.2) is 36.4 Å². The zero-order valence-electron chi connectivity index (χ0n) is 12.4. The van der Waals surface area contributed by atoms with E-state index in [1.165, 1.54) is 16.7 Å². The molecule has 0 aliphatic carbocycles. The van der Waals surface area contributed by atoms with Crippen LogP contribution in [0.3, 0.4) is 0 Å². The summed E-state index contributed by atoms with van der Waals surface area (Å²) < 4.78 is 5.86. The van der Waals surface area contributed by atoms with Crippen LogP contribution in [0.25, 0.3) is 0 Å². The second-order valence-electron chi connectivity index (χ2n) is 5.43. The SMILES string of the molecule is CCNC(c1ccc(C)c(Cl)c1)c1cccc2c1OCC2. The Morgan fingerprint density at radius 2 is 2.14 bits per heavy atom. The van der Waals surface area contributed by atoms with Crippen LogP contribution in [0.1, 0.15) is 35.2 Å². The van der Waals surface area contributed by atoms with Gasteiger partial charge in [0.2, 0.25) is 0 Å². The number of para-hydroxylation sites is 1. The maximum Gasteiger partial charge on any atom is 0.127 e. The van der Waals surface area contributed by atoms with Crippen molar-refractivity contribution in [2.45, 2.75) is 26.3 Å². The molecule has 2 aromatic rings. The molecule has 110 valence electrons. The van der Waals surface area contributed by atoms with Crippen LogP contribution in [-0.4, -0.2) is 13.2 Å². The lowest BCUT2D eigenvalue weighted by Gasteiger charge is -2.21. The van der Waals surface area contributed by atoms with E-state index in [0.29, 0.717) is 0 Å². The normalized spacial score (nSPS) is 14.6. The Hall–Kier alpha value is -1.51. The molecule has 0 bridgehead atoms. The molecule has 1 unspecified atom stereocenters. The van der Waals surface area contributed by atoms with Crippen molar-refractivity contribution in [2.75, 3.05) is 13.2 Å². The van der Waals surface area contributed by atoms with Gasteiger partial charge >= 0.3 is 0 Å². The number of hydrogen-bond donors (Lipinski definition) is 1. The monoisotopic (exact) mass is 301 g/mol. The Balaban J connectivity index is 2.06. The van der Waals surface area contributed by atoms with Gasteiger partial charge in [0, 0.05) is 17.0 Å². The molecule has 0 radical (unpaired) electrons. The molecular weight excluding hydrogens is 282 g/mol. The Morgan fingerprint density at radius 1 is 1.29 bits per heavy atom. The number of aryl methyl sites for hydroxylation is 1. The third kappa shape index (κ3) is 2.78. The van der Waals surface area contributed by atoms with Crippen LogP contribution < -0.4 is 10.1 Å². The quantitative estimate of drug-likeness (QED) is 0.910. The maximum atomic E-state index is 6.30. The fourth-order valence-electron chi connectivity index (χ4n) is 2.87. The first-order valence-electron chi connectivity index (χ1n) is 7.44. The third-order valence-corrected chi connectivity index (χ3v) is 4.40. The van der Waals surface area contributed by atoms with E-state index in [1.54, 1.807) is 0 Å². The van der Waals surface area contributed by atoms with E-state index in [4.69, 9.17) is 16.3 Å². The van der Waals surface area contributed by atoms with Gasteiger partial charge in [0.25, 0.3) is 0 Å². The van der Waals surface area contributed by atoms with E-state index in [1.807, 2.05) is 6.92 Å². The average Bonchev–Trinajstić information content (AvgIpc) is 2.96. The number of nitrogens with one attached hydrogen (secondary N) is 1. The second-order valence-corrected chi connectivity index (χ2v) is 5.84. The number of hydrogen-bond acceptors (Lipinski definition) is 2. The first-order chi connectivity index (χ1) is 10.2. The lowest BCUT2D eigenvalue weighted by atomic mass is 9.95. The molecule has 0 saturated carbocycles. The first-order valence-corrected chi connectivity index (χ1v) is 7.82. The summed E-state index contributed by atoms with van der Waals surface area (Å²) in [5, 5.41) is 4.36. The van der Waals surface area contributed by atoms with E-state index in [0.717, 1.165) is 35.9 Å². The van der Waals surface area contributed by atoms with Crippen molar-refractivity contribution < 1.29 is 4.74 Å². The Labute approximate surface area is 131 Å². The van der Waals surface area contributed by atoms with Crippen LogP contribution >= 0.6 is 11.6 Å². The van der Waals surface area contributed by atoms with Crippen LogP contribution in [0.5, 0.6) is 5.75 Å². The minimum Gasteiger partial charge on any atom is -0.493 e. The summed E-state index contributed by atoms with van der Waals surface area (Å²) >= 11 is 6.30. The van der Waals surface area contributed by atoms with E-state index in [9.17, 15) is 0 Å². The lowest BCUT2D eigenvalue weighted by molar-refractivity contribution is 0.350. The largest absolute Gasteiger partial charge is 0.493 e. The number of halogens is 1. The van der Waals surface area contributed by atoms with Crippen molar-refractivity contribution in [3.63, 3.8) is 0 Å². The van der Waals surface area contributed by atoms with Gasteiger partial charge in [0.15, 0.2) is 0 Å². The molecule has 3 heteroatoms. The third-order valence-electron chi connectivity index (χ3n) is 3.99. The minimum absolute atomic E-state index is 0.112. The van der Waals surface area contributed by atoms with Crippen molar-refractivity contribution in [3.05, 3.63) is 63.7 Å². The summed E-state index contributed by atoms with van der Waals surface area (Å²) in [4.78, 5) is 0. The molecule has 2 aromatic carbocycles. The maximum absolute atomic E-state index is 6.30. The van der Waals surface area contributed by atoms with Gasteiger partial charge in [0.05, 0.1) is 12.6 Å². The highest BCUT2D eigenvalue weighted by atomic mass is 35.5. The fraction of sp³-hybridized carbons (Fsp3) is 0.333. The Bertz CT molecular complexity index is 654. The van der Waals surface area contributed by atoms with Gasteiger partial charge in [0.1, 0.15) is 5.75 Å². The molecule has 1 atom stereocenters. The number of benzene rings is 2. The Kier molecular flexibility index (Phi) is 4.18. The summed E-state index contributed by atoms with van der Waals surface area (Å²) in [7, 11) is 0. The molecular formula is C18H20ClNO. The van der Waals surface area contributed by atoms with Gasteiger partial charge in [-0.1, -0.05) is 48.9 Å². The predicted octanol–water partition coefficient (Wildman–Crippen LogP) is 4.28. The molecule has 21 heavy (non-hydrogen) atoms. The molecule has 0 saturated heterocycles. The average molecular weight is 302 g/mol. The first kappa shape index (κ1) is 14.4. The molecule has 1 aliphatic rings. The van der Waals surface area contributed by atoms with Crippen molar-refractivity contribution >= 4 is 11.6 Å². The molecule has 0 spiro atoms. The summed E-state index contributed by atoms with van der Waals surface area (Å²) in [6.07, 6.45) is 0.997. The highest BCUT2D eigenvalue weighted by Gasteiger charge is 2.23. The molecule has 1 N–H and O–H groups in total. The van der Waals surface area contributed by atoms with Gasteiger partial charge < -0.3 is 10.1 Å². The smallest absolute Gasteiger partial charge is 0.127 e. The molecule has 0 fully saturated rings. The van der Waals surface area contributed by atoms with Crippen molar-refractivity contribution in [3.8, 4) is 5.75 Å². The predicted molar refractivity (Wildman–Crippen MR) is 87.3 cm³/mol. The number of ether oxygens (including phenoxy) is 1. The van der Waals surface area contributed by atoms with E-state index < -0.39 is 0 Å². The number of fused-ring (bicyclic) bond motifs is 1. The summed E-state index contributed by atoms with van der Waals surface area (Å²) in [5.41, 5.74) is 4.78. The molecule has 3 rings (SSSR count). The molecule has 1 heterocycles. The molecule has 2 nitrogen and oxygen atoms in total. The highest BCUT2D eigenvalue weighted by molar-refractivity contribution is 6.31. The van der Waals surface area contributed by atoms with Crippen LogP contribution in [0, 0.1) is 6.92 Å². The lowest BCUT2D eigenvalue weighted by Crippen LogP contribution is -2.22.